The number of nitrogens with zero attached hydrogens (tertiary/aromatic N) is 7. The van der Waals surface area contributed by atoms with Gasteiger partial charge in [-0.05, 0) is 12.1 Å². The maximum Gasteiger partial charge on any atom is 0.471 e. The number of rotatable bonds is 6. The highest BCUT2D eigenvalue weighted by Crippen LogP contribution is 2.34. The number of ether oxygens (including phenoxy) is 1. The molecule has 0 fully saturated rings. The molecule has 0 aliphatic carbocycles. The van der Waals surface area contributed by atoms with Crippen molar-refractivity contribution in [2.45, 2.75) is 12.7 Å². The number of alkyl halides is 3. The summed E-state index contributed by atoms with van der Waals surface area (Å²) in [5.41, 5.74) is 0. The number of halogens is 3. The molecule has 0 aromatic carbocycles. The van der Waals surface area contributed by atoms with Gasteiger partial charge in [0.25, 0.3) is 5.88 Å². The largest absolute Gasteiger partial charge is 0.478 e. The van der Waals surface area contributed by atoms with Gasteiger partial charge in [-0.2, -0.15) is 18.2 Å². The van der Waals surface area contributed by atoms with Crippen LogP contribution in [0.25, 0.3) is 10.7 Å². The predicted molar refractivity (Wildman–Crippen MR) is 99.1 cm³/mol. The number of thiophene rings is 1. The minimum Gasteiger partial charge on any atom is -0.478 e. The Morgan fingerprint density at radius 3 is 2.60 bits per heavy atom. The molecule has 0 atom stereocenters. The molecule has 0 aliphatic rings. The minimum absolute atomic E-state index is 0.137. The molecule has 30 heavy (non-hydrogen) atoms. The molecule has 0 N–H and O–H groups in total. The molecule has 0 radical (unpaired) electrons. The molecule has 4 aromatic rings. The fourth-order valence-corrected chi connectivity index (χ4v) is 3.44. The van der Waals surface area contributed by atoms with Crippen molar-refractivity contribution in [3.63, 3.8) is 0 Å². The minimum atomic E-state index is -4.70. The van der Waals surface area contributed by atoms with Crippen molar-refractivity contribution < 1.29 is 22.4 Å². The Balaban J connectivity index is 1.65. The molecular formula is C17H12F3N7O2S. The highest BCUT2D eigenvalue weighted by Gasteiger charge is 2.38. The Hall–Kier alpha value is -3.61. The van der Waals surface area contributed by atoms with E-state index in [0.717, 1.165) is 4.88 Å². The zero-order valence-electron chi connectivity index (χ0n) is 15.2. The number of methoxy groups -OCH3 is 1. The van der Waals surface area contributed by atoms with Gasteiger partial charge in [0.15, 0.2) is 11.6 Å². The van der Waals surface area contributed by atoms with Crippen LogP contribution in [0, 0.1) is 0 Å². The van der Waals surface area contributed by atoms with Gasteiger partial charge in [0.2, 0.25) is 5.82 Å². The van der Waals surface area contributed by atoms with Gasteiger partial charge in [0.1, 0.15) is 0 Å². The smallest absolute Gasteiger partial charge is 0.471 e. The van der Waals surface area contributed by atoms with E-state index < -0.39 is 12.1 Å². The number of hydrogen-bond donors (Lipinski definition) is 0. The highest BCUT2D eigenvalue weighted by molar-refractivity contribution is 7.15. The first-order valence-corrected chi connectivity index (χ1v) is 9.16. The normalized spacial score (nSPS) is 11.5. The maximum absolute atomic E-state index is 12.7. The van der Waals surface area contributed by atoms with Gasteiger partial charge in [0.05, 0.1) is 24.7 Å². The van der Waals surface area contributed by atoms with Crippen molar-refractivity contribution in [1.82, 2.24) is 30.1 Å². The molecule has 0 unspecified atom stereocenters. The quantitative estimate of drug-likeness (QED) is 0.448. The zero-order chi connectivity index (χ0) is 21.1. The number of anilines is 2. The van der Waals surface area contributed by atoms with Crippen LogP contribution in [0.4, 0.5) is 24.8 Å². The summed E-state index contributed by atoms with van der Waals surface area (Å²) >= 11 is 1.21. The van der Waals surface area contributed by atoms with Crippen LogP contribution < -0.4 is 9.64 Å². The fourth-order valence-electron chi connectivity index (χ4n) is 2.52. The van der Waals surface area contributed by atoms with Crippen molar-refractivity contribution in [3.05, 3.63) is 53.9 Å². The van der Waals surface area contributed by atoms with Gasteiger partial charge < -0.3 is 9.26 Å². The van der Waals surface area contributed by atoms with Crippen molar-refractivity contribution in [2.75, 3.05) is 12.0 Å². The third-order valence-corrected chi connectivity index (χ3v) is 4.85. The molecule has 0 amide bonds. The lowest BCUT2D eigenvalue weighted by Crippen LogP contribution is -2.19. The van der Waals surface area contributed by atoms with Gasteiger partial charge in [-0.3, -0.25) is 9.88 Å². The van der Waals surface area contributed by atoms with Crippen LogP contribution in [0.2, 0.25) is 0 Å². The number of aromatic nitrogens is 6. The summed E-state index contributed by atoms with van der Waals surface area (Å²) in [7, 11) is 1.47. The SMILES string of the molecule is COc1nccnc1N(Cc1ccc(-c2noc(C(F)(F)F)n2)s1)c1cnccn1. The molecular weight excluding hydrogens is 423 g/mol. The van der Waals surface area contributed by atoms with E-state index in [-0.39, 0.29) is 18.2 Å². The summed E-state index contributed by atoms with van der Waals surface area (Å²) in [5.74, 6) is -0.341. The van der Waals surface area contributed by atoms with Crippen LogP contribution >= 0.6 is 11.3 Å². The first-order valence-electron chi connectivity index (χ1n) is 8.34. The molecule has 9 nitrogen and oxygen atoms in total. The van der Waals surface area contributed by atoms with Crippen LogP contribution in [0.5, 0.6) is 5.88 Å². The van der Waals surface area contributed by atoms with Crippen LogP contribution in [0.15, 0.2) is 47.6 Å². The molecule has 4 aromatic heterocycles. The van der Waals surface area contributed by atoms with Crippen molar-refractivity contribution in [1.29, 1.82) is 0 Å². The second-order valence-electron chi connectivity index (χ2n) is 5.73. The number of hydrogen-bond acceptors (Lipinski definition) is 10. The van der Waals surface area contributed by atoms with E-state index in [1.165, 1.54) is 43.2 Å². The topological polar surface area (TPSA) is 103 Å². The van der Waals surface area contributed by atoms with Crippen LogP contribution in [0.1, 0.15) is 10.8 Å². The Morgan fingerprint density at radius 1 is 1.10 bits per heavy atom. The van der Waals surface area contributed by atoms with E-state index in [1.807, 2.05) is 0 Å². The van der Waals surface area contributed by atoms with Gasteiger partial charge in [-0.1, -0.05) is 5.16 Å². The summed E-state index contributed by atoms with van der Waals surface area (Å²) in [6.07, 6.45) is 2.93. The molecule has 154 valence electrons. The second-order valence-corrected chi connectivity index (χ2v) is 6.89. The molecule has 0 saturated heterocycles. The van der Waals surface area contributed by atoms with Gasteiger partial charge in [0, 0.05) is 29.7 Å². The molecule has 0 aliphatic heterocycles. The Bertz CT molecular complexity index is 1130. The summed E-state index contributed by atoms with van der Waals surface area (Å²) < 4.78 is 47.7. The lowest BCUT2D eigenvalue weighted by Gasteiger charge is -2.22. The van der Waals surface area contributed by atoms with Gasteiger partial charge >= 0.3 is 12.1 Å². The molecule has 0 saturated carbocycles. The third-order valence-electron chi connectivity index (χ3n) is 3.79. The average Bonchev–Trinajstić information content (AvgIpc) is 3.42. The van der Waals surface area contributed by atoms with Gasteiger partial charge in [-0.15, -0.1) is 11.3 Å². The van der Waals surface area contributed by atoms with E-state index in [2.05, 4.69) is 34.6 Å². The summed E-state index contributed by atoms with van der Waals surface area (Å²) in [6.45, 7) is 0.280. The first kappa shape index (κ1) is 19.7. The Morgan fingerprint density at radius 2 is 1.90 bits per heavy atom. The fraction of sp³-hybridized carbons (Fsp3) is 0.176. The Labute approximate surface area is 171 Å². The van der Waals surface area contributed by atoms with E-state index in [4.69, 9.17) is 4.74 Å². The van der Waals surface area contributed by atoms with E-state index >= 15 is 0 Å². The monoisotopic (exact) mass is 435 g/mol. The third kappa shape index (κ3) is 4.05. The van der Waals surface area contributed by atoms with E-state index in [1.54, 1.807) is 23.2 Å². The molecule has 13 heteroatoms. The second kappa shape index (κ2) is 8.02. The predicted octanol–water partition coefficient (Wildman–Crippen LogP) is 3.74. The van der Waals surface area contributed by atoms with Crippen LogP contribution in [-0.4, -0.2) is 37.2 Å². The maximum atomic E-state index is 12.7. The molecule has 4 heterocycles. The first-order chi connectivity index (χ1) is 14.5. The standard InChI is InChI=1S/C17H12F3N7O2S/c1-28-15-14(23-6-7-24-15)27(12-8-21-4-5-22-12)9-10-2-3-11(30-10)13-25-16(29-26-13)17(18,19)20/h2-8H,9H2,1H3. The van der Waals surface area contributed by atoms with Crippen molar-refractivity contribution in [3.8, 4) is 16.6 Å². The summed E-state index contributed by atoms with van der Waals surface area (Å²) in [6, 6.07) is 3.36. The van der Waals surface area contributed by atoms with Crippen molar-refractivity contribution >= 4 is 23.0 Å². The van der Waals surface area contributed by atoms with Crippen LogP contribution in [-0.2, 0) is 12.7 Å². The summed E-state index contributed by atoms with van der Waals surface area (Å²) in [4.78, 5) is 23.2. The van der Waals surface area contributed by atoms with Crippen molar-refractivity contribution in [2.24, 2.45) is 0 Å². The van der Waals surface area contributed by atoms with Gasteiger partial charge in [-0.25, -0.2) is 15.0 Å². The van der Waals surface area contributed by atoms with Crippen LogP contribution in [0.3, 0.4) is 0 Å². The highest BCUT2D eigenvalue weighted by atomic mass is 32.1. The van der Waals surface area contributed by atoms with E-state index in [9.17, 15) is 13.2 Å². The lowest BCUT2D eigenvalue weighted by molar-refractivity contribution is -0.159. The van der Waals surface area contributed by atoms with E-state index in [0.29, 0.717) is 16.5 Å². The Kier molecular flexibility index (Phi) is 5.27. The average molecular weight is 435 g/mol. The zero-order valence-corrected chi connectivity index (χ0v) is 16.1. The molecule has 0 spiro atoms. The lowest BCUT2D eigenvalue weighted by atomic mass is 10.3. The summed E-state index contributed by atoms with van der Waals surface area (Å²) in [5, 5.41) is 3.42. The molecule has 4 rings (SSSR count). The molecule has 0 bridgehead atoms.